The second kappa shape index (κ2) is 11.4. The molecule has 2 N–H and O–H groups in total. The highest BCUT2D eigenvalue weighted by Gasteiger charge is 2.34. The Kier molecular flexibility index (Phi) is 8.39. The van der Waals surface area contributed by atoms with Gasteiger partial charge in [-0.1, -0.05) is 35.9 Å². The molecule has 0 spiro atoms. The zero-order chi connectivity index (χ0) is 22.9. The van der Waals surface area contributed by atoms with Crippen LogP contribution in [0.15, 0.2) is 54.6 Å². The molecule has 170 valence electrons. The van der Waals surface area contributed by atoms with E-state index < -0.39 is 6.04 Å². The number of benzene rings is 2. The lowest BCUT2D eigenvalue weighted by Gasteiger charge is -2.36. The molecule has 2 aromatic carbocycles. The molecule has 0 aliphatic carbocycles. The van der Waals surface area contributed by atoms with Crippen LogP contribution in [0.3, 0.4) is 0 Å². The highest BCUT2D eigenvalue weighted by molar-refractivity contribution is 5.97. The molecule has 1 atom stereocenters. The number of carbonyl (C=O) groups excluding carboxylic acids is 3. The molecule has 1 unspecified atom stereocenters. The van der Waals surface area contributed by atoms with E-state index in [0.29, 0.717) is 50.2 Å². The van der Waals surface area contributed by atoms with E-state index >= 15 is 0 Å². The Hall–Kier alpha value is -3.19. The van der Waals surface area contributed by atoms with Crippen molar-refractivity contribution in [2.45, 2.75) is 25.8 Å². The standard InChI is InChI=1S/C25H31N3O4/c1-18-8-10-20(11-9-18)23(29)27-22(24(30)26-14-17-32-2)19-12-15-28(16-13-19)25(31)21-6-4-3-5-7-21/h3-11,19,22H,12-17H2,1-2H3,(H,26,30)(H,27,29). The van der Waals surface area contributed by atoms with Crippen LogP contribution in [0.4, 0.5) is 0 Å². The molecule has 0 radical (unpaired) electrons. The monoisotopic (exact) mass is 437 g/mol. The van der Waals surface area contributed by atoms with Crippen LogP contribution in [0, 0.1) is 12.8 Å². The number of amides is 3. The number of methoxy groups -OCH3 is 1. The topological polar surface area (TPSA) is 87.7 Å². The Morgan fingerprint density at radius 2 is 1.66 bits per heavy atom. The maximum absolute atomic E-state index is 12.9. The van der Waals surface area contributed by atoms with Crippen molar-refractivity contribution >= 4 is 17.7 Å². The van der Waals surface area contributed by atoms with Crippen molar-refractivity contribution in [3.05, 3.63) is 71.3 Å². The van der Waals surface area contributed by atoms with Crippen LogP contribution in [0.25, 0.3) is 0 Å². The third-order valence-electron chi connectivity index (χ3n) is 5.81. The second-order valence-corrected chi connectivity index (χ2v) is 8.10. The summed E-state index contributed by atoms with van der Waals surface area (Å²) in [5.41, 5.74) is 2.24. The van der Waals surface area contributed by atoms with Crippen molar-refractivity contribution in [1.29, 1.82) is 0 Å². The molecule has 7 heteroatoms. The van der Waals surface area contributed by atoms with E-state index in [4.69, 9.17) is 4.74 Å². The average molecular weight is 438 g/mol. The van der Waals surface area contributed by atoms with Crippen LogP contribution >= 0.6 is 0 Å². The lowest BCUT2D eigenvalue weighted by atomic mass is 9.88. The Bertz CT molecular complexity index is 907. The summed E-state index contributed by atoms with van der Waals surface area (Å²) >= 11 is 0. The van der Waals surface area contributed by atoms with Crippen molar-refractivity contribution in [3.8, 4) is 0 Å². The highest BCUT2D eigenvalue weighted by atomic mass is 16.5. The van der Waals surface area contributed by atoms with Crippen LogP contribution in [0.2, 0.25) is 0 Å². The van der Waals surface area contributed by atoms with E-state index in [2.05, 4.69) is 10.6 Å². The molecule has 0 saturated carbocycles. The van der Waals surface area contributed by atoms with Gasteiger partial charge in [0.15, 0.2) is 0 Å². The molecule has 32 heavy (non-hydrogen) atoms. The molecule has 2 aromatic rings. The first-order valence-electron chi connectivity index (χ1n) is 11.0. The summed E-state index contributed by atoms with van der Waals surface area (Å²) in [6, 6.07) is 15.8. The summed E-state index contributed by atoms with van der Waals surface area (Å²) in [6.45, 7) is 3.81. The van der Waals surface area contributed by atoms with E-state index in [1.54, 1.807) is 19.2 Å². The number of carbonyl (C=O) groups is 3. The van der Waals surface area contributed by atoms with Crippen LogP contribution < -0.4 is 10.6 Å². The highest BCUT2D eigenvalue weighted by Crippen LogP contribution is 2.23. The van der Waals surface area contributed by atoms with Crippen LogP contribution in [0.5, 0.6) is 0 Å². The minimum Gasteiger partial charge on any atom is -0.383 e. The molecule has 1 saturated heterocycles. The molecule has 3 rings (SSSR count). The first kappa shape index (κ1) is 23.5. The van der Waals surface area contributed by atoms with E-state index in [9.17, 15) is 14.4 Å². The number of nitrogens with one attached hydrogen (secondary N) is 2. The van der Waals surface area contributed by atoms with Gasteiger partial charge in [0, 0.05) is 37.9 Å². The Balaban J connectivity index is 1.66. The average Bonchev–Trinajstić information content (AvgIpc) is 2.83. The zero-order valence-corrected chi connectivity index (χ0v) is 18.7. The van der Waals surface area contributed by atoms with Crippen LogP contribution in [-0.4, -0.2) is 62.0 Å². The van der Waals surface area contributed by atoms with Crippen molar-refractivity contribution in [2.75, 3.05) is 33.4 Å². The molecule has 1 fully saturated rings. The van der Waals surface area contributed by atoms with Gasteiger partial charge >= 0.3 is 0 Å². The quantitative estimate of drug-likeness (QED) is 0.621. The van der Waals surface area contributed by atoms with Gasteiger partial charge in [-0.05, 0) is 49.9 Å². The van der Waals surface area contributed by atoms with Gasteiger partial charge in [0.25, 0.3) is 11.8 Å². The van der Waals surface area contributed by atoms with Gasteiger partial charge in [-0.2, -0.15) is 0 Å². The van der Waals surface area contributed by atoms with Gasteiger partial charge in [-0.3, -0.25) is 14.4 Å². The van der Waals surface area contributed by atoms with Crippen molar-refractivity contribution < 1.29 is 19.1 Å². The first-order valence-corrected chi connectivity index (χ1v) is 11.0. The fraction of sp³-hybridized carbons (Fsp3) is 0.400. The fourth-order valence-corrected chi connectivity index (χ4v) is 3.91. The Morgan fingerprint density at radius 3 is 2.28 bits per heavy atom. The molecule has 1 aliphatic rings. The third kappa shape index (κ3) is 6.17. The lowest BCUT2D eigenvalue weighted by molar-refractivity contribution is -0.124. The van der Waals surface area contributed by atoms with Gasteiger partial charge in [0.2, 0.25) is 5.91 Å². The lowest BCUT2D eigenvalue weighted by Crippen LogP contribution is -2.54. The summed E-state index contributed by atoms with van der Waals surface area (Å²) in [4.78, 5) is 40.3. The van der Waals surface area contributed by atoms with Crippen molar-refractivity contribution in [2.24, 2.45) is 5.92 Å². The minimum absolute atomic E-state index is 0.00571. The first-order chi connectivity index (χ1) is 15.5. The molecular formula is C25H31N3O4. The summed E-state index contributed by atoms with van der Waals surface area (Å²) in [5.74, 6) is -0.573. The van der Waals surface area contributed by atoms with Gasteiger partial charge < -0.3 is 20.3 Å². The number of likely N-dealkylation sites (tertiary alicyclic amines) is 1. The Morgan fingerprint density at radius 1 is 1.00 bits per heavy atom. The molecule has 0 bridgehead atoms. The number of hydrogen-bond donors (Lipinski definition) is 2. The smallest absolute Gasteiger partial charge is 0.253 e. The maximum atomic E-state index is 12.9. The molecule has 0 aromatic heterocycles. The number of aryl methyl sites for hydroxylation is 1. The summed E-state index contributed by atoms with van der Waals surface area (Å²) in [7, 11) is 1.57. The van der Waals surface area contributed by atoms with E-state index in [1.807, 2.05) is 54.3 Å². The van der Waals surface area contributed by atoms with E-state index in [0.717, 1.165) is 5.56 Å². The van der Waals surface area contributed by atoms with Gasteiger partial charge in [0.1, 0.15) is 6.04 Å². The molecule has 3 amide bonds. The van der Waals surface area contributed by atoms with Crippen LogP contribution in [0.1, 0.15) is 39.1 Å². The van der Waals surface area contributed by atoms with Crippen molar-refractivity contribution in [3.63, 3.8) is 0 Å². The van der Waals surface area contributed by atoms with Crippen molar-refractivity contribution in [1.82, 2.24) is 15.5 Å². The maximum Gasteiger partial charge on any atom is 0.253 e. The van der Waals surface area contributed by atoms with E-state index in [1.165, 1.54) is 0 Å². The zero-order valence-electron chi connectivity index (χ0n) is 18.7. The largest absolute Gasteiger partial charge is 0.383 e. The number of piperidine rings is 1. The fourth-order valence-electron chi connectivity index (χ4n) is 3.91. The minimum atomic E-state index is -0.672. The molecule has 7 nitrogen and oxygen atoms in total. The van der Waals surface area contributed by atoms with E-state index in [-0.39, 0.29) is 23.6 Å². The molecule has 1 heterocycles. The molecular weight excluding hydrogens is 406 g/mol. The summed E-state index contributed by atoms with van der Waals surface area (Å²) in [6.07, 6.45) is 1.27. The van der Waals surface area contributed by atoms with Gasteiger partial charge in [-0.25, -0.2) is 0 Å². The summed E-state index contributed by atoms with van der Waals surface area (Å²) in [5, 5.41) is 5.78. The number of ether oxygens (including phenoxy) is 1. The second-order valence-electron chi connectivity index (χ2n) is 8.10. The molecule has 1 aliphatic heterocycles. The number of hydrogen-bond acceptors (Lipinski definition) is 4. The summed E-state index contributed by atoms with van der Waals surface area (Å²) < 4.78 is 5.02. The number of nitrogens with zero attached hydrogens (tertiary/aromatic N) is 1. The Labute approximate surface area is 189 Å². The van der Waals surface area contributed by atoms with Gasteiger partial charge in [-0.15, -0.1) is 0 Å². The van der Waals surface area contributed by atoms with Crippen LogP contribution in [-0.2, 0) is 9.53 Å². The predicted octanol–water partition coefficient (Wildman–Crippen LogP) is 2.41. The SMILES string of the molecule is COCCNC(=O)C(NC(=O)c1ccc(C)cc1)C1CCN(C(=O)c2ccccc2)CC1. The third-order valence-corrected chi connectivity index (χ3v) is 5.81. The number of rotatable bonds is 8. The predicted molar refractivity (Wildman–Crippen MR) is 122 cm³/mol. The normalized spacial score (nSPS) is 15.1. The van der Waals surface area contributed by atoms with Gasteiger partial charge in [0.05, 0.1) is 6.61 Å².